The smallest absolute Gasteiger partial charge is 0.407 e. The first-order chi connectivity index (χ1) is 11.5. The van der Waals surface area contributed by atoms with Crippen LogP contribution in [-0.2, 0) is 11.3 Å². The number of carbonyl (C=O) groups is 2. The number of aromatic amines is 1. The number of H-pyrrole nitrogens is 1. The summed E-state index contributed by atoms with van der Waals surface area (Å²) in [6.45, 7) is -0.159. The van der Waals surface area contributed by atoms with Crippen LogP contribution in [0.2, 0.25) is 0 Å². The fraction of sp³-hybridized carbons (Fsp3) is 0.250. The van der Waals surface area contributed by atoms with Gasteiger partial charge in [0.25, 0.3) is 0 Å². The lowest BCUT2D eigenvalue weighted by Crippen LogP contribution is -2.35. The maximum atomic E-state index is 11.6. The number of alkyl carbamates (subject to hydrolysis) is 1. The van der Waals surface area contributed by atoms with Gasteiger partial charge in [0.15, 0.2) is 0 Å². The molecule has 1 heterocycles. The first-order valence-corrected chi connectivity index (χ1v) is 7.19. The minimum Gasteiger partial charge on any atom is -0.477 e. The molecule has 1 aromatic heterocycles. The molecule has 5 N–H and O–H groups in total. The van der Waals surface area contributed by atoms with Crippen molar-refractivity contribution in [2.45, 2.75) is 18.8 Å². The van der Waals surface area contributed by atoms with Gasteiger partial charge in [-0.05, 0) is 11.6 Å². The van der Waals surface area contributed by atoms with Crippen LogP contribution in [-0.4, -0.2) is 45.0 Å². The van der Waals surface area contributed by atoms with Crippen molar-refractivity contribution in [1.82, 2.24) is 10.3 Å². The molecule has 0 radical (unpaired) electrons. The summed E-state index contributed by atoms with van der Waals surface area (Å²) in [5.74, 6) is -1.18. The SMILES string of the molecule is O=C(NCC(O)C(O)c1c[nH]c(C(=O)O)c1)OCc1ccccc1. The van der Waals surface area contributed by atoms with Crippen LogP contribution in [0.4, 0.5) is 4.79 Å². The van der Waals surface area contributed by atoms with Crippen LogP contribution < -0.4 is 5.32 Å². The highest BCUT2D eigenvalue weighted by atomic mass is 16.5. The largest absolute Gasteiger partial charge is 0.477 e. The zero-order valence-electron chi connectivity index (χ0n) is 12.7. The van der Waals surface area contributed by atoms with Gasteiger partial charge in [-0.2, -0.15) is 0 Å². The third-order valence-corrected chi connectivity index (χ3v) is 3.31. The molecule has 1 aromatic carbocycles. The van der Waals surface area contributed by atoms with E-state index >= 15 is 0 Å². The van der Waals surface area contributed by atoms with E-state index in [4.69, 9.17) is 9.84 Å². The number of aliphatic hydroxyl groups is 2. The average Bonchev–Trinajstić information content (AvgIpc) is 3.08. The molecule has 0 saturated heterocycles. The molecule has 0 fully saturated rings. The van der Waals surface area contributed by atoms with Gasteiger partial charge in [0.2, 0.25) is 0 Å². The summed E-state index contributed by atoms with van der Waals surface area (Å²) >= 11 is 0. The Hall–Kier alpha value is -2.84. The molecule has 2 rings (SSSR count). The van der Waals surface area contributed by atoms with Gasteiger partial charge in [0.05, 0.1) is 0 Å². The molecule has 0 aliphatic carbocycles. The van der Waals surface area contributed by atoms with Crippen LogP contribution in [0.15, 0.2) is 42.6 Å². The molecule has 128 valence electrons. The fourth-order valence-electron chi connectivity index (χ4n) is 2.00. The van der Waals surface area contributed by atoms with Gasteiger partial charge < -0.3 is 30.4 Å². The molecule has 0 spiro atoms. The van der Waals surface area contributed by atoms with E-state index in [2.05, 4.69) is 10.3 Å². The lowest BCUT2D eigenvalue weighted by atomic mass is 10.1. The molecule has 2 unspecified atom stereocenters. The van der Waals surface area contributed by atoms with Crippen molar-refractivity contribution in [3.05, 3.63) is 59.4 Å². The number of rotatable bonds is 7. The van der Waals surface area contributed by atoms with E-state index in [1.54, 1.807) is 12.1 Å². The second-order valence-electron chi connectivity index (χ2n) is 5.11. The topological polar surface area (TPSA) is 132 Å². The van der Waals surface area contributed by atoms with Gasteiger partial charge in [-0.1, -0.05) is 30.3 Å². The number of benzene rings is 1. The zero-order chi connectivity index (χ0) is 17.5. The minimum atomic E-state index is -1.34. The van der Waals surface area contributed by atoms with Crippen molar-refractivity contribution in [2.24, 2.45) is 0 Å². The Bertz CT molecular complexity index is 685. The molecule has 0 bridgehead atoms. The van der Waals surface area contributed by atoms with E-state index in [-0.39, 0.29) is 24.4 Å². The van der Waals surface area contributed by atoms with E-state index in [0.29, 0.717) is 0 Å². The lowest BCUT2D eigenvalue weighted by Gasteiger charge is -2.17. The second-order valence-corrected chi connectivity index (χ2v) is 5.11. The van der Waals surface area contributed by atoms with Crippen molar-refractivity contribution < 1.29 is 29.6 Å². The third-order valence-electron chi connectivity index (χ3n) is 3.31. The van der Waals surface area contributed by atoms with E-state index in [9.17, 15) is 19.8 Å². The molecule has 0 aliphatic heterocycles. The Morgan fingerprint density at radius 1 is 1.21 bits per heavy atom. The van der Waals surface area contributed by atoms with Crippen LogP contribution in [0.5, 0.6) is 0 Å². The van der Waals surface area contributed by atoms with Crippen LogP contribution in [0, 0.1) is 0 Å². The summed E-state index contributed by atoms with van der Waals surface area (Å²) in [6.07, 6.45) is -2.11. The molecule has 0 aliphatic rings. The second kappa shape index (κ2) is 8.14. The normalized spacial score (nSPS) is 13.1. The quantitative estimate of drug-likeness (QED) is 0.514. The summed E-state index contributed by atoms with van der Waals surface area (Å²) < 4.78 is 4.97. The van der Waals surface area contributed by atoms with E-state index in [1.807, 2.05) is 18.2 Å². The van der Waals surface area contributed by atoms with E-state index < -0.39 is 24.3 Å². The summed E-state index contributed by atoms with van der Waals surface area (Å²) in [7, 11) is 0. The Labute approximate surface area is 137 Å². The minimum absolute atomic E-state index is 0.0884. The van der Waals surface area contributed by atoms with Gasteiger partial charge in [-0.25, -0.2) is 9.59 Å². The number of carboxylic acids is 1. The van der Waals surface area contributed by atoms with Crippen LogP contribution >= 0.6 is 0 Å². The van der Waals surface area contributed by atoms with E-state index in [0.717, 1.165) is 5.56 Å². The molecule has 2 aromatic rings. The Kier molecular flexibility index (Phi) is 5.94. The lowest BCUT2D eigenvalue weighted by molar-refractivity contribution is 0.0184. The number of nitrogens with one attached hydrogen (secondary N) is 2. The van der Waals surface area contributed by atoms with Crippen molar-refractivity contribution in [3.8, 4) is 0 Å². The highest BCUT2D eigenvalue weighted by Crippen LogP contribution is 2.17. The number of aromatic carboxylic acids is 1. The number of carboxylic acid groups (broad SMARTS) is 1. The van der Waals surface area contributed by atoms with Crippen molar-refractivity contribution >= 4 is 12.1 Å². The number of carbonyl (C=O) groups excluding carboxylic acids is 1. The molecule has 0 saturated carbocycles. The van der Waals surface area contributed by atoms with Crippen molar-refractivity contribution in [3.63, 3.8) is 0 Å². The summed E-state index contributed by atoms with van der Waals surface area (Å²) in [6, 6.07) is 10.3. The van der Waals surface area contributed by atoms with Gasteiger partial charge >= 0.3 is 12.1 Å². The zero-order valence-corrected chi connectivity index (χ0v) is 12.7. The highest BCUT2D eigenvalue weighted by molar-refractivity contribution is 5.85. The molecule has 1 amide bonds. The molecule has 8 heteroatoms. The van der Waals surface area contributed by atoms with E-state index in [1.165, 1.54) is 12.3 Å². The van der Waals surface area contributed by atoms with Gasteiger partial charge in [0, 0.05) is 18.3 Å². The third kappa shape index (κ3) is 4.83. The predicted molar refractivity (Wildman–Crippen MR) is 83.3 cm³/mol. The number of amides is 1. The van der Waals surface area contributed by atoms with Crippen LogP contribution in [0.25, 0.3) is 0 Å². The summed E-state index contributed by atoms with van der Waals surface area (Å²) in [5.41, 5.74) is 0.924. The first-order valence-electron chi connectivity index (χ1n) is 7.19. The van der Waals surface area contributed by atoms with Crippen molar-refractivity contribution in [2.75, 3.05) is 6.54 Å². The molecule has 8 nitrogen and oxygen atoms in total. The van der Waals surface area contributed by atoms with Crippen LogP contribution in [0.1, 0.15) is 27.7 Å². The first kappa shape index (κ1) is 17.5. The maximum absolute atomic E-state index is 11.6. The summed E-state index contributed by atoms with van der Waals surface area (Å²) in [5, 5.41) is 31.0. The predicted octanol–water partition coefficient (Wildman–Crippen LogP) is 1.03. The maximum Gasteiger partial charge on any atom is 0.407 e. The molecule has 2 atom stereocenters. The number of hydrogen-bond donors (Lipinski definition) is 5. The number of ether oxygens (including phenoxy) is 1. The fourth-order valence-corrected chi connectivity index (χ4v) is 2.00. The summed E-state index contributed by atoms with van der Waals surface area (Å²) in [4.78, 5) is 24.8. The van der Waals surface area contributed by atoms with Crippen LogP contribution in [0.3, 0.4) is 0 Å². The average molecular weight is 334 g/mol. The van der Waals surface area contributed by atoms with Gasteiger partial charge in [0.1, 0.15) is 24.5 Å². The standard InChI is InChI=1S/C16H18N2O6/c19-13(14(20)11-6-12(15(21)22)17-7-11)8-18-16(23)24-9-10-4-2-1-3-5-10/h1-7,13-14,17,19-20H,8-9H2,(H,18,23)(H,21,22). The number of aliphatic hydroxyl groups excluding tert-OH is 2. The Morgan fingerprint density at radius 2 is 1.92 bits per heavy atom. The molecular weight excluding hydrogens is 316 g/mol. The number of hydrogen-bond acceptors (Lipinski definition) is 5. The molecule has 24 heavy (non-hydrogen) atoms. The monoisotopic (exact) mass is 334 g/mol. The Balaban J connectivity index is 1.77. The Morgan fingerprint density at radius 3 is 2.54 bits per heavy atom. The van der Waals surface area contributed by atoms with Gasteiger partial charge in [-0.15, -0.1) is 0 Å². The molecular formula is C16H18N2O6. The van der Waals surface area contributed by atoms with Crippen molar-refractivity contribution in [1.29, 1.82) is 0 Å². The number of aromatic nitrogens is 1. The highest BCUT2D eigenvalue weighted by Gasteiger charge is 2.21. The van der Waals surface area contributed by atoms with Gasteiger partial charge in [-0.3, -0.25) is 0 Å².